The standard InChI is InChI=1S/C12H12N4S/c1-16-9-14-15-12(16)17-11(7-8-13)10-5-3-2-4-6-10/h2-6,9,11H,7H2,1H3. The molecule has 0 bridgehead atoms. The summed E-state index contributed by atoms with van der Waals surface area (Å²) in [5.41, 5.74) is 1.14. The van der Waals surface area contributed by atoms with Gasteiger partial charge in [0.1, 0.15) is 6.33 Å². The zero-order chi connectivity index (χ0) is 12.1. The molecule has 0 aliphatic carbocycles. The van der Waals surface area contributed by atoms with Crippen molar-refractivity contribution in [3.63, 3.8) is 0 Å². The molecule has 2 rings (SSSR count). The van der Waals surface area contributed by atoms with Crippen LogP contribution < -0.4 is 0 Å². The number of hydrogen-bond acceptors (Lipinski definition) is 4. The number of nitriles is 1. The van der Waals surface area contributed by atoms with E-state index in [0.717, 1.165) is 10.7 Å². The normalized spacial score (nSPS) is 12.0. The van der Waals surface area contributed by atoms with E-state index >= 15 is 0 Å². The van der Waals surface area contributed by atoms with E-state index < -0.39 is 0 Å². The maximum absolute atomic E-state index is 8.89. The Morgan fingerprint density at radius 2 is 2.18 bits per heavy atom. The highest BCUT2D eigenvalue weighted by Crippen LogP contribution is 2.35. The van der Waals surface area contributed by atoms with Crippen molar-refractivity contribution in [2.24, 2.45) is 7.05 Å². The van der Waals surface area contributed by atoms with Crippen LogP contribution in [0.3, 0.4) is 0 Å². The minimum Gasteiger partial charge on any atom is -0.312 e. The maximum atomic E-state index is 8.89. The Hall–Kier alpha value is -1.80. The number of nitrogens with zero attached hydrogens (tertiary/aromatic N) is 4. The van der Waals surface area contributed by atoms with Crippen molar-refractivity contribution in [2.45, 2.75) is 16.8 Å². The van der Waals surface area contributed by atoms with E-state index in [1.54, 1.807) is 18.1 Å². The predicted molar refractivity (Wildman–Crippen MR) is 66.3 cm³/mol. The van der Waals surface area contributed by atoms with Gasteiger partial charge in [0.25, 0.3) is 0 Å². The fourth-order valence-electron chi connectivity index (χ4n) is 1.48. The van der Waals surface area contributed by atoms with Crippen molar-refractivity contribution in [3.8, 4) is 6.07 Å². The van der Waals surface area contributed by atoms with Gasteiger partial charge in [-0.05, 0) is 5.56 Å². The SMILES string of the molecule is Cn1cnnc1SC(CC#N)c1ccccc1. The molecular weight excluding hydrogens is 232 g/mol. The molecule has 86 valence electrons. The first-order valence-corrected chi connectivity index (χ1v) is 6.12. The van der Waals surface area contributed by atoms with Gasteiger partial charge in [0.2, 0.25) is 0 Å². The Labute approximate surface area is 104 Å². The average Bonchev–Trinajstić information content (AvgIpc) is 2.76. The third-order valence-electron chi connectivity index (χ3n) is 2.37. The summed E-state index contributed by atoms with van der Waals surface area (Å²) >= 11 is 1.57. The smallest absolute Gasteiger partial charge is 0.191 e. The molecule has 0 amide bonds. The zero-order valence-electron chi connectivity index (χ0n) is 9.45. The molecule has 0 aliphatic rings. The van der Waals surface area contributed by atoms with Crippen molar-refractivity contribution in [1.29, 1.82) is 5.26 Å². The molecule has 0 radical (unpaired) electrons. The van der Waals surface area contributed by atoms with Gasteiger partial charge in [-0.3, -0.25) is 0 Å². The van der Waals surface area contributed by atoms with Crippen molar-refractivity contribution in [1.82, 2.24) is 14.8 Å². The maximum Gasteiger partial charge on any atom is 0.191 e. The van der Waals surface area contributed by atoms with Crippen LogP contribution in [0.15, 0.2) is 41.8 Å². The van der Waals surface area contributed by atoms with Crippen LogP contribution in [0.25, 0.3) is 0 Å². The van der Waals surface area contributed by atoms with Gasteiger partial charge < -0.3 is 4.57 Å². The summed E-state index contributed by atoms with van der Waals surface area (Å²) < 4.78 is 1.86. The third-order valence-corrected chi connectivity index (χ3v) is 3.67. The molecule has 0 N–H and O–H groups in total. The quantitative estimate of drug-likeness (QED) is 0.776. The van der Waals surface area contributed by atoms with E-state index in [2.05, 4.69) is 16.3 Å². The first kappa shape index (κ1) is 11.7. The number of benzene rings is 1. The topological polar surface area (TPSA) is 54.5 Å². The summed E-state index contributed by atoms with van der Waals surface area (Å²) in [4.78, 5) is 0. The van der Waals surface area contributed by atoms with Gasteiger partial charge in [0, 0.05) is 7.05 Å². The van der Waals surface area contributed by atoms with Crippen LogP contribution in [-0.4, -0.2) is 14.8 Å². The van der Waals surface area contributed by atoms with E-state index in [1.165, 1.54) is 0 Å². The number of aryl methyl sites for hydroxylation is 1. The lowest BCUT2D eigenvalue weighted by molar-refractivity contribution is 0.782. The van der Waals surface area contributed by atoms with Gasteiger partial charge in [-0.15, -0.1) is 10.2 Å². The van der Waals surface area contributed by atoms with Gasteiger partial charge >= 0.3 is 0 Å². The summed E-state index contributed by atoms with van der Waals surface area (Å²) in [5.74, 6) is 0. The number of rotatable bonds is 4. The Morgan fingerprint density at radius 1 is 1.41 bits per heavy atom. The van der Waals surface area contributed by atoms with E-state index in [0.29, 0.717) is 6.42 Å². The van der Waals surface area contributed by atoms with E-state index in [9.17, 15) is 0 Å². The minimum atomic E-state index is 0.101. The molecule has 1 aromatic carbocycles. The highest BCUT2D eigenvalue weighted by Gasteiger charge is 2.15. The summed E-state index contributed by atoms with van der Waals surface area (Å²) in [5, 5.41) is 17.7. The molecule has 1 heterocycles. The highest BCUT2D eigenvalue weighted by molar-refractivity contribution is 7.99. The second-order valence-electron chi connectivity index (χ2n) is 3.60. The third kappa shape index (κ3) is 2.86. The lowest BCUT2D eigenvalue weighted by atomic mass is 10.1. The molecule has 4 nitrogen and oxygen atoms in total. The molecule has 1 aromatic heterocycles. The monoisotopic (exact) mass is 244 g/mol. The number of aromatic nitrogens is 3. The molecular formula is C12H12N4S. The molecule has 0 saturated heterocycles. The summed E-state index contributed by atoms with van der Waals surface area (Å²) in [6.45, 7) is 0. The second-order valence-corrected chi connectivity index (χ2v) is 4.77. The van der Waals surface area contributed by atoms with E-state index in [-0.39, 0.29) is 5.25 Å². The lowest BCUT2D eigenvalue weighted by Gasteiger charge is -2.12. The Kier molecular flexibility index (Phi) is 3.78. The minimum absolute atomic E-state index is 0.101. The molecule has 0 fully saturated rings. The second kappa shape index (κ2) is 5.51. The number of thioether (sulfide) groups is 1. The van der Waals surface area contributed by atoms with Crippen LogP contribution in [0.1, 0.15) is 17.2 Å². The van der Waals surface area contributed by atoms with E-state index in [4.69, 9.17) is 5.26 Å². The first-order valence-electron chi connectivity index (χ1n) is 5.24. The molecule has 5 heteroatoms. The Morgan fingerprint density at radius 3 is 2.76 bits per heavy atom. The van der Waals surface area contributed by atoms with Gasteiger partial charge in [-0.1, -0.05) is 42.1 Å². The fraction of sp³-hybridized carbons (Fsp3) is 0.250. The van der Waals surface area contributed by atoms with Gasteiger partial charge in [-0.25, -0.2) is 0 Å². The van der Waals surface area contributed by atoms with Crippen LogP contribution in [0.5, 0.6) is 0 Å². The molecule has 0 aliphatic heterocycles. The fourth-order valence-corrected chi connectivity index (χ4v) is 2.50. The summed E-state index contributed by atoms with van der Waals surface area (Å²) in [6, 6.07) is 12.2. The highest BCUT2D eigenvalue weighted by atomic mass is 32.2. The summed E-state index contributed by atoms with van der Waals surface area (Å²) in [7, 11) is 1.90. The van der Waals surface area contributed by atoms with Crippen molar-refractivity contribution in [3.05, 3.63) is 42.2 Å². The largest absolute Gasteiger partial charge is 0.312 e. The van der Waals surface area contributed by atoms with Gasteiger partial charge in [0.15, 0.2) is 5.16 Å². The first-order chi connectivity index (χ1) is 8.31. The molecule has 0 saturated carbocycles. The van der Waals surface area contributed by atoms with Crippen LogP contribution in [0.2, 0.25) is 0 Å². The van der Waals surface area contributed by atoms with Crippen LogP contribution in [0, 0.1) is 11.3 Å². The van der Waals surface area contributed by atoms with Crippen LogP contribution in [-0.2, 0) is 7.05 Å². The predicted octanol–water partition coefficient (Wildman–Crippen LogP) is 2.56. The zero-order valence-corrected chi connectivity index (χ0v) is 10.3. The lowest BCUT2D eigenvalue weighted by Crippen LogP contribution is -1.96. The molecule has 1 atom stereocenters. The average molecular weight is 244 g/mol. The molecule has 17 heavy (non-hydrogen) atoms. The molecule has 0 spiro atoms. The van der Waals surface area contributed by atoms with Gasteiger partial charge in [-0.2, -0.15) is 5.26 Å². The molecule has 2 aromatic rings. The van der Waals surface area contributed by atoms with Crippen molar-refractivity contribution >= 4 is 11.8 Å². The van der Waals surface area contributed by atoms with Crippen molar-refractivity contribution in [2.75, 3.05) is 0 Å². The molecule has 1 unspecified atom stereocenters. The summed E-state index contributed by atoms with van der Waals surface area (Å²) in [6.07, 6.45) is 2.12. The van der Waals surface area contributed by atoms with Gasteiger partial charge in [0.05, 0.1) is 17.7 Å². The van der Waals surface area contributed by atoms with Crippen molar-refractivity contribution < 1.29 is 0 Å². The van der Waals surface area contributed by atoms with E-state index in [1.807, 2.05) is 41.9 Å². The van der Waals surface area contributed by atoms with Crippen LogP contribution >= 0.6 is 11.8 Å². The number of hydrogen-bond donors (Lipinski definition) is 0. The van der Waals surface area contributed by atoms with Crippen LogP contribution in [0.4, 0.5) is 0 Å². The Balaban J connectivity index is 2.20. The Bertz CT molecular complexity index is 515.